The molecule has 2 aliphatic rings. The molecule has 0 radical (unpaired) electrons. The van der Waals surface area contributed by atoms with E-state index in [1.807, 2.05) is 6.07 Å². The van der Waals surface area contributed by atoms with E-state index >= 15 is 0 Å². The number of ether oxygens (including phenoxy) is 1. The summed E-state index contributed by atoms with van der Waals surface area (Å²) in [6.45, 7) is 5.91. The molecule has 0 unspecified atom stereocenters. The van der Waals surface area contributed by atoms with Crippen LogP contribution in [-0.2, 0) is 27.2 Å². The highest BCUT2D eigenvalue weighted by atomic mass is 32.1. The van der Waals surface area contributed by atoms with E-state index in [0.29, 0.717) is 6.61 Å². The minimum absolute atomic E-state index is 0.0309. The maximum absolute atomic E-state index is 13.1. The molecule has 0 spiro atoms. The summed E-state index contributed by atoms with van der Waals surface area (Å²) < 4.78 is 5.22. The number of hydrogen-bond acceptors (Lipinski definition) is 5. The number of thiophene rings is 1. The molecule has 2 heterocycles. The van der Waals surface area contributed by atoms with Crippen molar-refractivity contribution >= 4 is 33.9 Å². The van der Waals surface area contributed by atoms with Crippen LogP contribution in [0.2, 0.25) is 0 Å². The largest absolute Gasteiger partial charge is 0.464 e. The van der Waals surface area contributed by atoms with Gasteiger partial charge in [0.25, 0.3) is 0 Å². The van der Waals surface area contributed by atoms with E-state index in [2.05, 4.69) is 25.1 Å². The van der Waals surface area contributed by atoms with Gasteiger partial charge in [-0.1, -0.05) is 23.8 Å². The van der Waals surface area contributed by atoms with Crippen LogP contribution in [0.15, 0.2) is 29.3 Å². The first-order chi connectivity index (χ1) is 14.0. The van der Waals surface area contributed by atoms with Gasteiger partial charge in [0.05, 0.1) is 12.3 Å². The molecule has 6 heteroatoms. The number of hydrogen-bond donors (Lipinski definition) is 0. The van der Waals surface area contributed by atoms with Crippen molar-refractivity contribution in [3.8, 4) is 0 Å². The lowest BCUT2D eigenvalue weighted by atomic mass is 9.91. The fourth-order valence-electron chi connectivity index (χ4n) is 4.17. The van der Waals surface area contributed by atoms with Crippen LogP contribution < -0.4 is 4.90 Å². The van der Waals surface area contributed by atoms with Crippen LogP contribution in [-0.4, -0.2) is 36.8 Å². The number of aliphatic imine (C=N–C) groups is 1. The number of aryl methyl sites for hydroxylation is 2. The van der Waals surface area contributed by atoms with Gasteiger partial charge in [-0.25, -0.2) is 4.79 Å². The molecule has 0 fully saturated rings. The van der Waals surface area contributed by atoms with Crippen LogP contribution in [0.1, 0.15) is 53.8 Å². The van der Waals surface area contributed by atoms with Crippen LogP contribution in [0.5, 0.6) is 0 Å². The third-order valence-electron chi connectivity index (χ3n) is 5.56. The third kappa shape index (κ3) is 3.62. The first-order valence-corrected chi connectivity index (χ1v) is 11.1. The van der Waals surface area contributed by atoms with Crippen molar-refractivity contribution < 1.29 is 14.3 Å². The fraction of sp³-hybridized carbons (Fsp3) is 0.435. The Balaban J connectivity index is 1.89. The second-order valence-electron chi connectivity index (χ2n) is 7.62. The molecule has 1 aromatic heterocycles. The number of fused-ring (bicyclic) bond motifs is 3. The summed E-state index contributed by atoms with van der Waals surface area (Å²) in [5.41, 5.74) is 5.39. The van der Waals surface area contributed by atoms with Crippen LogP contribution in [0.25, 0.3) is 0 Å². The number of carbonyl (C=O) groups is 2. The Labute approximate surface area is 175 Å². The van der Waals surface area contributed by atoms with Crippen molar-refractivity contribution in [3.05, 3.63) is 51.4 Å². The molecular weight excluding hydrogens is 384 g/mol. The van der Waals surface area contributed by atoms with E-state index in [4.69, 9.17) is 9.73 Å². The Bertz CT molecular complexity index is 992. The van der Waals surface area contributed by atoms with Crippen LogP contribution >= 0.6 is 11.3 Å². The van der Waals surface area contributed by atoms with Gasteiger partial charge in [-0.3, -0.25) is 14.7 Å². The van der Waals surface area contributed by atoms with Crippen LogP contribution in [0.4, 0.5) is 5.00 Å². The van der Waals surface area contributed by atoms with Gasteiger partial charge in [-0.15, -0.1) is 11.3 Å². The molecule has 0 bridgehead atoms. The third-order valence-corrected chi connectivity index (χ3v) is 6.85. The van der Waals surface area contributed by atoms with Crippen molar-refractivity contribution in [2.45, 2.75) is 52.5 Å². The summed E-state index contributed by atoms with van der Waals surface area (Å²) >= 11 is 1.65. The van der Waals surface area contributed by atoms with Gasteiger partial charge < -0.3 is 4.74 Å². The quantitative estimate of drug-likeness (QED) is 0.714. The normalized spacial score (nSPS) is 17.1. The molecule has 1 aliphatic heterocycles. The lowest BCUT2D eigenvalue weighted by Gasteiger charge is -2.26. The lowest BCUT2D eigenvalue weighted by molar-refractivity contribution is -0.145. The van der Waals surface area contributed by atoms with E-state index in [9.17, 15) is 9.59 Å². The van der Waals surface area contributed by atoms with E-state index < -0.39 is 6.04 Å². The Morgan fingerprint density at radius 1 is 1.31 bits per heavy atom. The van der Waals surface area contributed by atoms with Crippen molar-refractivity contribution in [3.63, 3.8) is 0 Å². The van der Waals surface area contributed by atoms with Crippen molar-refractivity contribution in [2.75, 3.05) is 18.1 Å². The van der Waals surface area contributed by atoms with Gasteiger partial charge in [0.1, 0.15) is 17.6 Å². The molecule has 0 saturated carbocycles. The van der Waals surface area contributed by atoms with Crippen molar-refractivity contribution in [1.29, 1.82) is 0 Å². The zero-order valence-corrected chi connectivity index (χ0v) is 18.0. The first-order valence-electron chi connectivity index (χ1n) is 10.3. The Hall–Kier alpha value is -2.47. The molecule has 4 rings (SSSR count). The lowest BCUT2D eigenvalue weighted by Crippen LogP contribution is -2.45. The molecule has 5 nitrogen and oxygen atoms in total. The highest BCUT2D eigenvalue weighted by Crippen LogP contribution is 2.43. The monoisotopic (exact) mass is 410 g/mol. The zero-order chi connectivity index (χ0) is 20.5. The highest BCUT2D eigenvalue weighted by Gasteiger charge is 2.37. The van der Waals surface area contributed by atoms with Gasteiger partial charge in [-0.05, 0) is 58.1 Å². The summed E-state index contributed by atoms with van der Waals surface area (Å²) in [6.07, 6.45) is 4.30. The maximum Gasteiger partial charge on any atom is 0.328 e. The topological polar surface area (TPSA) is 59.0 Å². The van der Waals surface area contributed by atoms with Gasteiger partial charge >= 0.3 is 5.97 Å². The van der Waals surface area contributed by atoms with Gasteiger partial charge in [0.15, 0.2) is 0 Å². The molecular formula is C23H26N2O3S. The average Bonchev–Trinajstić information content (AvgIpc) is 3.00. The molecule has 1 amide bonds. The maximum atomic E-state index is 13.1. The number of esters is 1. The van der Waals surface area contributed by atoms with E-state index in [1.165, 1.54) is 10.4 Å². The van der Waals surface area contributed by atoms with E-state index in [-0.39, 0.29) is 18.4 Å². The summed E-state index contributed by atoms with van der Waals surface area (Å²) in [5, 5.41) is 0.847. The predicted molar refractivity (Wildman–Crippen MR) is 116 cm³/mol. The second kappa shape index (κ2) is 8.11. The molecule has 0 saturated heterocycles. The van der Waals surface area contributed by atoms with Gasteiger partial charge in [0.2, 0.25) is 5.91 Å². The Morgan fingerprint density at radius 3 is 2.86 bits per heavy atom. The Morgan fingerprint density at radius 2 is 2.10 bits per heavy atom. The SMILES string of the molecule is CCOC(=O)[C@@H](C)N1C(=O)CN=C(c2cccc(C)c2)c2c1sc1c2CCCC1. The number of carbonyl (C=O) groups excluding carboxylic acids is 2. The first kappa shape index (κ1) is 19.8. The minimum atomic E-state index is -0.673. The number of nitrogens with zero attached hydrogens (tertiary/aromatic N) is 2. The molecule has 1 aliphatic carbocycles. The standard InChI is InChI=1S/C23H26N2O3S/c1-4-28-23(27)15(3)25-19(26)13-24-21(16-9-7-8-14(2)12-16)20-17-10-5-6-11-18(17)29-22(20)25/h7-9,12,15H,4-6,10-11,13H2,1-3H3/t15-/m1/s1. The molecule has 1 aromatic carbocycles. The van der Waals surface area contributed by atoms with E-state index in [1.54, 1.807) is 30.1 Å². The number of amides is 1. The van der Waals surface area contributed by atoms with Crippen molar-refractivity contribution in [2.24, 2.45) is 4.99 Å². The highest BCUT2D eigenvalue weighted by molar-refractivity contribution is 7.17. The molecule has 29 heavy (non-hydrogen) atoms. The van der Waals surface area contributed by atoms with Gasteiger partial charge in [-0.2, -0.15) is 0 Å². The summed E-state index contributed by atoms with van der Waals surface area (Å²) in [6, 6.07) is 7.58. The molecule has 2 aromatic rings. The molecule has 152 valence electrons. The predicted octanol–water partition coefficient (Wildman–Crippen LogP) is 4.07. The number of anilines is 1. The molecule has 0 N–H and O–H groups in total. The average molecular weight is 411 g/mol. The second-order valence-corrected chi connectivity index (χ2v) is 8.70. The van der Waals surface area contributed by atoms with E-state index in [0.717, 1.165) is 53.1 Å². The van der Waals surface area contributed by atoms with Crippen molar-refractivity contribution in [1.82, 2.24) is 0 Å². The summed E-state index contributed by atoms with van der Waals surface area (Å²) in [5.74, 6) is -0.537. The van der Waals surface area contributed by atoms with Crippen LogP contribution in [0.3, 0.4) is 0 Å². The number of rotatable bonds is 4. The smallest absolute Gasteiger partial charge is 0.328 e. The van der Waals surface area contributed by atoms with Gasteiger partial charge in [0, 0.05) is 16.0 Å². The fourth-order valence-corrected chi connectivity index (χ4v) is 5.66. The summed E-state index contributed by atoms with van der Waals surface area (Å²) in [7, 11) is 0. The van der Waals surface area contributed by atoms with Crippen LogP contribution in [0, 0.1) is 6.92 Å². The molecule has 1 atom stereocenters. The minimum Gasteiger partial charge on any atom is -0.464 e. The zero-order valence-electron chi connectivity index (χ0n) is 17.2. The number of benzene rings is 1. The summed E-state index contributed by atoms with van der Waals surface area (Å²) in [4.78, 5) is 33.3. The Kier molecular flexibility index (Phi) is 5.54.